The van der Waals surface area contributed by atoms with Crippen LogP contribution < -0.4 is 0 Å². The molecular formula is C8H4Br2Cl2O. The molecule has 0 aliphatic rings. The second kappa shape index (κ2) is 4.78. The summed E-state index contributed by atoms with van der Waals surface area (Å²) in [7, 11) is 0. The zero-order valence-electron chi connectivity index (χ0n) is 6.28. The van der Waals surface area contributed by atoms with Crippen LogP contribution in [-0.2, 0) is 0 Å². The second-order valence-electron chi connectivity index (χ2n) is 2.27. The van der Waals surface area contributed by atoms with E-state index in [-0.39, 0.29) is 11.1 Å². The van der Waals surface area contributed by atoms with Gasteiger partial charge in [-0.1, -0.05) is 39.1 Å². The highest BCUT2D eigenvalue weighted by atomic mass is 79.9. The van der Waals surface area contributed by atoms with Gasteiger partial charge in [-0.05, 0) is 28.1 Å². The zero-order valence-corrected chi connectivity index (χ0v) is 11.0. The number of rotatable bonds is 2. The summed E-state index contributed by atoms with van der Waals surface area (Å²) in [4.78, 5) is 11.4. The topological polar surface area (TPSA) is 17.1 Å². The Morgan fingerprint density at radius 3 is 2.38 bits per heavy atom. The molecule has 0 aliphatic heterocycles. The Bertz CT molecular complexity index is 352. The van der Waals surface area contributed by atoms with Gasteiger partial charge in [-0.15, -0.1) is 0 Å². The van der Waals surface area contributed by atoms with Crippen molar-refractivity contribution in [2.75, 3.05) is 5.33 Å². The Balaban J connectivity index is 3.33. The summed E-state index contributed by atoms with van der Waals surface area (Å²) in [5.41, 5.74) is 0.422. The molecule has 1 rings (SSSR count). The van der Waals surface area contributed by atoms with E-state index in [1.165, 1.54) is 0 Å². The minimum Gasteiger partial charge on any atom is -0.293 e. The fraction of sp³-hybridized carbons (Fsp3) is 0.125. The Morgan fingerprint density at radius 1 is 1.31 bits per heavy atom. The van der Waals surface area contributed by atoms with Crippen molar-refractivity contribution in [3.63, 3.8) is 0 Å². The average molecular weight is 347 g/mol. The number of carbonyl (C=O) groups excluding carboxylic acids is 1. The van der Waals surface area contributed by atoms with E-state index >= 15 is 0 Å². The monoisotopic (exact) mass is 344 g/mol. The van der Waals surface area contributed by atoms with Crippen LogP contribution in [0.25, 0.3) is 0 Å². The molecule has 0 spiro atoms. The van der Waals surface area contributed by atoms with E-state index < -0.39 is 0 Å². The van der Waals surface area contributed by atoms with Gasteiger partial charge < -0.3 is 0 Å². The van der Waals surface area contributed by atoms with E-state index in [9.17, 15) is 4.79 Å². The van der Waals surface area contributed by atoms with E-state index in [1.807, 2.05) is 0 Å². The summed E-state index contributed by atoms with van der Waals surface area (Å²) in [6.07, 6.45) is 0. The summed E-state index contributed by atoms with van der Waals surface area (Å²) < 4.78 is 0.547. The minimum atomic E-state index is -0.0978. The lowest BCUT2D eigenvalue weighted by atomic mass is 10.1. The molecule has 5 heteroatoms. The maximum absolute atomic E-state index is 11.4. The first-order valence-electron chi connectivity index (χ1n) is 3.30. The minimum absolute atomic E-state index is 0.0978. The summed E-state index contributed by atoms with van der Waals surface area (Å²) in [5.74, 6) is -0.0978. The quantitative estimate of drug-likeness (QED) is 0.442. The number of halogens is 4. The fourth-order valence-corrected chi connectivity index (χ4v) is 2.23. The molecular weight excluding hydrogens is 343 g/mol. The molecule has 0 saturated carbocycles. The molecule has 0 fully saturated rings. The van der Waals surface area contributed by atoms with E-state index in [1.54, 1.807) is 12.1 Å². The Hall–Kier alpha value is 0.430. The normalized spacial score (nSPS) is 10.2. The van der Waals surface area contributed by atoms with Crippen LogP contribution in [-0.4, -0.2) is 11.1 Å². The van der Waals surface area contributed by atoms with Gasteiger partial charge in [0.05, 0.1) is 20.9 Å². The number of benzene rings is 1. The van der Waals surface area contributed by atoms with Crippen LogP contribution in [0.15, 0.2) is 16.6 Å². The maximum atomic E-state index is 11.4. The Kier molecular flexibility index (Phi) is 4.23. The number of carbonyl (C=O) groups is 1. The average Bonchev–Trinajstić information content (AvgIpc) is 2.12. The molecule has 0 heterocycles. The van der Waals surface area contributed by atoms with Crippen LogP contribution in [0.5, 0.6) is 0 Å². The Morgan fingerprint density at radius 2 is 1.85 bits per heavy atom. The third-order valence-electron chi connectivity index (χ3n) is 1.44. The molecule has 1 nitrogen and oxygen atoms in total. The lowest BCUT2D eigenvalue weighted by molar-refractivity contribution is 0.102. The SMILES string of the molecule is O=C(CBr)c1c(Cl)ccc(Cl)c1Br. The van der Waals surface area contributed by atoms with Gasteiger partial charge in [0.15, 0.2) is 5.78 Å². The maximum Gasteiger partial charge on any atom is 0.176 e. The van der Waals surface area contributed by atoms with Gasteiger partial charge in [0.2, 0.25) is 0 Å². The number of hydrogen-bond donors (Lipinski definition) is 0. The highest BCUT2D eigenvalue weighted by Gasteiger charge is 2.15. The summed E-state index contributed by atoms with van der Waals surface area (Å²) in [6, 6.07) is 3.24. The van der Waals surface area contributed by atoms with Gasteiger partial charge in [0.1, 0.15) is 0 Å². The summed E-state index contributed by atoms with van der Waals surface area (Å²) in [6.45, 7) is 0. The fourth-order valence-electron chi connectivity index (χ4n) is 0.849. The van der Waals surface area contributed by atoms with Gasteiger partial charge in [-0.25, -0.2) is 0 Å². The first-order valence-corrected chi connectivity index (χ1v) is 5.97. The number of Topliss-reactive ketones (excluding diaryl/α,β-unsaturated/α-hetero) is 1. The van der Waals surface area contributed by atoms with Crippen LogP contribution >= 0.6 is 55.1 Å². The number of ketones is 1. The van der Waals surface area contributed by atoms with E-state index in [2.05, 4.69) is 31.9 Å². The lowest BCUT2D eigenvalue weighted by Gasteiger charge is -2.05. The van der Waals surface area contributed by atoms with Gasteiger partial charge in [-0.2, -0.15) is 0 Å². The molecule has 0 saturated heterocycles. The van der Waals surface area contributed by atoms with E-state index in [0.29, 0.717) is 20.1 Å². The third-order valence-corrected chi connectivity index (χ3v) is 3.64. The second-order valence-corrected chi connectivity index (χ2v) is 4.44. The summed E-state index contributed by atoms with van der Waals surface area (Å²) >= 11 is 17.9. The van der Waals surface area contributed by atoms with Crippen molar-refractivity contribution < 1.29 is 4.79 Å². The van der Waals surface area contributed by atoms with Crippen molar-refractivity contribution in [2.24, 2.45) is 0 Å². The van der Waals surface area contributed by atoms with E-state index in [0.717, 1.165) is 0 Å². The predicted molar refractivity (Wildman–Crippen MR) is 62.3 cm³/mol. The molecule has 0 N–H and O–H groups in total. The van der Waals surface area contributed by atoms with Crippen LogP contribution in [0.4, 0.5) is 0 Å². The molecule has 0 unspecified atom stereocenters. The van der Waals surface area contributed by atoms with Gasteiger partial charge >= 0.3 is 0 Å². The van der Waals surface area contributed by atoms with Crippen LogP contribution in [0.2, 0.25) is 10.0 Å². The smallest absolute Gasteiger partial charge is 0.176 e. The van der Waals surface area contributed by atoms with Crippen molar-refractivity contribution in [3.8, 4) is 0 Å². The Labute approximate surface area is 103 Å². The molecule has 1 aromatic rings. The van der Waals surface area contributed by atoms with Crippen molar-refractivity contribution in [1.82, 2.24) is 0 Å². The van der Waals surface area contributed by atoms with Crippen molar-refractivity contribution in [1.29, 1.82) is 0 Å². The largest absolute Gasteiger partial charge is 0.293 e. The number of hydrogen-bond acceptors (Lipinski definition) is 1. The molecule has 1 aromatic carbocycles. The molecule has 70 valence electrons. The lowest BCUT2D eigenvalue weighted by Crippen LogP contribution is -2.02. The molecule has 0 radical (unpaired) electrons. The molecule has 0 aromatic heterocycles. The molecule has 13 heavy (non-hydrogen) atoms. The molecule has 0 amide bonds. The van der Waals surface area contributed by atoms with Crippen LogP contribution in [0, 0.1) is 0 Å². The van der Waals surface area contributed by atoms with Crippen LogP contribution in [0.3, 0.4) is 0 Å². The van der Waals surface area contributed by atoms with Crippen molar-refractivity contribution >= 4 is 60.8 Å². The molecule has 0 bridgehead atoms. The molecule has 0 aliphatic carbocycles. The van der Waals surface area contributed by atoms with E-state index in [4.69, 9.17) is 23.2 Å². The van der Waals surface area contributed by atoms with Gasteiger partial charge in [0, 0.05) is 4.47 Å². The number of alkyl halides is 1. The first kappa shape index (κ1) is 11.5. The zero-order chi connectivity index (χ0) is 10.0. The van der Waals surface area contributed by atoms with Crippen molar-refractivity contribution in [3.05, 3.63) is 32.2 Å². The van der Waals surface area contributed by atoms with Crippen molar-refractivity contribution in [2.45, 2.75) is 0 Å². The predicted octanol–water partition coefficient (Wildman–Crippen LogP) is 4.33. The van der Waals surface area contributed by atoms with Gasteiger partial charge in [-0.3, -0.25) is 4.79 Å². The highest BCUT2D eigenvalue weighted by molar-refractivity contribution is 9.10. The standard InChI is InChI=1S/C8H4Br2Cl2O/c9-3-6(13)7-4(11)1-2-5(12)8(7)10/h1-2H,3H2. The van der Waals surface area contributed by atoms with Gasteiger partial charge in [0.25, 0.3) is 0 Å². The first-order chi connectivity index (χ1) is 6.07. The van der Waals surface area contributed by atoms with Crippen LogP contribution in [0.1, 0.15) is 10.4 Å². The molecule has 0 atom stereocenters. The highest BCUT2D eigenvalue weighted by Crippen LogP contribution is 2.32. The summed E-state index contributed by atoms with van der Waals surface area (Å²) in [5, 5.41) is 1.11. The third kappa shape index (κ3) is 2.46.